The van der Waals surface area contributed by atoms with Gasteiger partial charge < -0.3 is 15.0 Å². The fraction of sp³-hybridized carbons (Fsp3) is 0.692. The van der Waals surface area contributed by atoms with Crippen LogP contribution in [0.15, 0.2) is 10.6 Å². The standard InChI is InChI=1S/C13H22N4O3/c1-9(2)11-5-13(20-16-11)15-12(18)8-17-3-4-19-10(6-14)7-17/h5,9-10H,3-4,6-8,14H2,1-2H3,(H,15,18). The molecule has 1 saturated heterocycles. The Kier molecular flexibility index (Phi) is 5.11. The van der Waals surface area contributed by atoms with E-state index in [4.69, 9.17) is 15.0 Å². The van der Waals surface area contributed by atoms with Crippen molar-refractivity contribution in [3.63, 3.8) is 0 Å². The van der Waals surface area contributed by atoms with Crippen molar-refractivity contribution >= 4 is 11.8 Å². The maximum absolute atomic E-state index is 11.9. The van der Waals surface area contributed by atoms with E-state index < -0.39 is 0 Å². The number of aromatic nitrogens is 1. The molecule has 2 rings (SSSR count). The van der Waals surface area contributed by atoms with Gasteiger partial charge in [-0.1, -0.05) is 19.0 Å². The molecule has 1 aliphatic rings. The molecule has 1 fully saturated rings. The number of anilines is 1. The van der Waals surface area contributed by atoms with Crippen LogP contribution >= 0.6 is 0 Å². The predicted octanol–water partition coefficient (Wildman–Crippen LogP) is 0.396. The zero-order valence-corrected chi connectivity index (χ0v) is 12.0. The SMILES string of the molecule is CC(C)c1cc(NC(=O)CN2CCOC(CN)C2)on1. The lowest BCUT2D eigenvalue weighted by Gasteiger charge is -2.31. The molecule has 1 atom stereocenters. The van der Waals surface area contributed by atoms with E-state index >= 15 is 0 Å². The van der Waals surface area contributed by atoms with Gasteiger partial charge in [0.1, 0.15) is 0 Å². The van der Waals surface area contributed by atoms with E-state index in [1.54, 1.807) is 6.07 Å². The number of carbonyl (C=O) groups is 1. The molecule has 1 aromatic heterocycles. The molecular formula is C13H22N4O3. The third kappa shape index (κ3) is 4.03. The average Bonchev–Trinajstić information content (AvgIpc) is 2.87. The van der Waals surface area contributed by atoms with Crippen LogP contribution in [0.1, 0.15) is 25.5 Å². The molecule has 1 aromatic rings. The molecule has 0 bridgehead atoms. The molecule has 7 nitrogen and oxygen atoms in total. The van der Waals surface area contributed by atoms with Crippen molar-refractivity contribution < 1.29 is 14.1 Å². The highest BCUT2D eigenvalue weighted by Gasteiger charge is 2.21. The highest BCUT2D eigenvalue weighted by molar-refractivity contribution is 5.90. The van der Waals surface area contributed by atoms with Crippen LogP contribution in [0, 0.1) is 0 Å². The topological polar surface area (TPSA) is 93.6 Å². The van der Waals surface area contributed by atoms with Gasteiger partial charge in [-0.25, -0.2) is 0 Å². The minimum absolute atomic E-state index is 0.00868. The number of nitrogens with two attached hydrogens (primary N) is 1. The lowest BCUT2D eigenvalue weighted by atomic mass is 10.1. The van der Waals surface area contributed by atoms with Crippen LogP contribution in [0.4, 0.5) is 5.88 Å². The van der Waals surface area contributed by atoms with Crippen LogP contribution in [-0.4, -0.2) is 54.9 Å². The van der Waals surface area contributed by atoms with Crippen molar-refractivity contribution in [3.8, 4) is 0 Å². The summed E-state index contributed by atoms with van der Waals surface area (Å²) in [5, 5.41) is 6.62. The van der Waals surface area contributed by atoms with E-state index in [0.717, 1.165) is 12.2 Å². The number of nitrogens with zero attached hydrogens (tertiary/aromatic N) is 2. The second-order valence-corrected chi connectivity index (χ2v) is 5.28. The highest BCUT2D eigenvalue weighted by Crippen LogP contribution is 2.17. The lowest BCUT2D eigenvalue weighted by Crippen LogP contribution is -2.48. The summed E-state index contributed by atoms with van der Waals surface area (Å²) in [5.74, 6) is 0.547. The number of morpholine rings is 1. The zero-order chi connectivity index (χ0) is 14.5. The third-order valence-corrected chi connectivity index (χ3v) is 3.24. The Labute approximate surface area is 118 Å². The van der Waals surface area contributed by atoms with E-state index in [0.29, 0.717) is 32.1 Å². The third-order valence-electron chi connectivity index (χ3n) is 3.24. The Morgan fingerprint density at radius 2 is 2.45 bits per heavy atom. The van der Waals surface area contributed by atoms with Gasteiger partial charge in [-0.05, 0) is 5.92 Å². The monoisotopic (exact) mass is 282 g/mol. The molecule has 0 spiro atoms. The summed E-state index contributed by atoms with van der Waals surface area (Å²) in [6.45, 7) is 6.83. The Bertz CT molecular complexity index is 447. The first-order valence-electron chi connectivity index (χ1n) is 6.89. The summed E-state index contributed by atoms with van der Waals surface area (Å²) in [6.07, 6.45) is 0.00868. The molecule has 0 aliphatic carbocycles. The molecule has 1 unspecified atom stereocenters. The van der Waals surface area contributed by atoms with Gasteiger partial charge in [-0.3, -0.25) is 15.0 Å². The van der Waals surface area contributed by atoms with E-state index in [1.165, 1.54) is 0 Å². The average molecular weight is 282 g/mol. The molecule has 1 amide bonds. The molecule has 7 heteroatoms. The van der Waals surface area contributed by atoms with Crippen molar-refractivity contribution in [2.45, 2.75) is 25.9 Å². The number of amides is 1. The number of ether oxygens (including phenoxy) is 1. The van der Waals surface area contributed by atoms with Gasteiger partial charge in [0, 0.05) is 25.7 Å². The van der Waals surface area contributed by atoms with E-state index in [1.807, 2.05) is 18.7 Å². The van der Waals surface area contributed by atoms with Crippen molar-refractivity contribution in [3.05, 3.63) is 11.8 Å². The molecular weight excluding hydrogens is 260 g/mol. The molecule has 0 aromatic carbocycles. The molecule has 1 aliphatic heterocycles. The van der Waals surface area contributed by atoms with Crippen LogP contribution in [-0.2, 0) is 9.53 Å². The van der Waals surface area contributed by atoms with Crippen molar-refractivity contribution in [1.29, 1.82) is 0 Å². The van der Waals surface area contributed by atoms with Crippen LogP contribution < -0.4 is 11.1 Å². The first-order chi connectivity index (χ1) is 9.58. The summed E-state index contributed by atoms with van der Waals surface area (Å²) in [6, 6.07) is 1.75. The fourth-order valence-electron chi connectivity index (χ4n) is 2.07. The van der Waals surface area contributed by atoms with E-state index in [9.17, 15) is 4.79 Å². The normalized spacial score (nSPS) is 20.3. The van der Waals surface area contributed by atoms with Gasteiger partial charge in [0.15, 0.2) is 0 Å². The number of rotatable bonds is 5. The number of hydrogen-bond donors (Lipinski definition) is 2. The predicted molar refractivity (Wildman–Crippen MR) is 74.5 cm³/mol. The fourth-order valence-corrected chi connectivity index (χ4v) is 2.07. The van der Waals surface area contributed by atoms with Gasteiger partial charge in [-0.15, -0.1) is 0 Å². The van der Waals surface area contributed by atoms with E-state index in [2.05, 4.69) is 10.5 Å². The summed E-state index contributed by atoms with van der Waals surface area (Å²) in [7, 11) is 0. The summed E-state index contributed by atoms with van der Waals surface area (Å²) < 4.78 is 10.5. The first kappa shape index (κ1) is 15.0. The van der Waals surface area contributed by atoms with Gasteiger partial charge in [0.2, 0.25) is 11.8 Å². The molecule has 20 heavy (non-hydrogen) atoms. The second kappa shape index (κ2) is 6.83. The van der Waals surface area contributed by atoms with E-state index in [-0.39, 0.29) is 17.9 Å². The largest absolute Gasteiger partial charge is 0.374 e. The van der Waals surface area contributed by atoms with Crippen LogP contribution in [0.2, 0.25) is 0 Å². The minimum atomic E-state index is -0.117. The van der Waals surface area contributed by atoms with Gasteiger partial charge in [0.05, 0.1) is 24.9 Å². The van der Waals surface area contributed by atoms with Crippen molar-refractivity contribution in [2.75, 3.05) is 38.1 Å². The Hall–Kier alpha value is -1.44. The molecule has 112 valence electrons. The summed E-state index contributed by atoms with van der Waals surface area (Å²) >= 11 is 0. The van der Waals surface area contributed by atoms with Crippen LogP contribution in [0.5, 0.6) is 0 Å². The van der Waals surface area contributed by atoms with Gasteiger partial charge >= 0.3 is 0 Å². The van der Waals surface area contributed by atoms with Crippen LogP contribution in [0.3, 0.4) is 0 Å². The maximum atomic E-state index is 11.9. The number of carbonyl (C=O) groups excluding carboxylic acids is 1. The lowest BCUT2D eigenvalue weighted by molar-refractivity contribution is -0.119. The van der Waals surface area contributed by atoms with Crippen molar-refractivity contribution in [2.24, 2.45) is 5.73 Å². The highest BCUT2D eigenvalue weighted by atomic mass is 16.5. The Morgan fingerprint density at radius 3 is 3.10 bits per heavy atom. The molecule has 0 radical (unpaired) electrons. The molecule has 2 heterocycles. The first-order valence-corrected chi connectivity index (χ1v) is 6.89. The number of hydrogen-bond acceptors (Lipinski definition) is 6. The molecule has 0 saturated carbocycles. The Morgan fingerprint density at radius 1 is 1.65 bits per heavy atom. The van der Waals surface area contributed by atoms with Gasteiger partial charge in [0.25, 0.3) is 0 Å². The zero-order valence-electron chi connectivity index (χ0n) is 12.0. The molecule has 3 N–H and O–H groups in total. The maximum Gasteiger partial charge on any atom is 0.240 e. The van der Waals surface area contributed by atoms with Crippen LogP contribution in [0.25, 0.3) is 0 Å². The van der Waals surface area contributed by atoms with Crippen molar-refractivity contribution in [1.82, 2.24) is 10.1 Å². The second-order valence-electron chi connectivity index (χ2n) is 5.28. The minimum Gasteiger partial charge on any atom is -0.374 e. The Balaban J connectivity index is 1.82. The smallest absolute Gasteiger partial charge is 0.240 e. The number of nitrogens with one attached hydrogen (secondary N) is 1. The quantitative estimate of drug-likeness (QED) is 0.811. The summed E-state index contributed by atoms with van der Waals surface area (Å²) in [4.78, 5) is 14.0. The van der Waals surface area contributed by atoms with Gasteiger partial charge in [-0.2, -0.15) is 0 Å². The summed E-state index contributed by atoms with van der Waals surface area (Å²) in [5.41, 5.74) is 6.40.